The summed E-state index contributed by atoms with van der Waals surface area (Å²) in [6.45, 7) is 11.6. The molecular weight excluding hydrogens is 404 g/mol. The van der Waals surface area contributed by atoms with E-state index < -0.39 is 5.54 Å². The third-order valence-corrected chi connectivity index (χ3v) is 7.35. The summed E-state index contributed by atoms with van der Waals surface area (Å²) in [7, 11) is 0. The van der Waals surface area contributed by atoms with E-state index in [4.69, 9.17) is 4.74 Å². The van der Waals surface area contributed by atoms with Crippen molar-refractivity contribution < 1.29 is 14.3 Å². The van der Waals surface area contributed by atoms with Crippen LogP contribution in [0.4, 0.5) is 0 Å². The largest absolute Gasteiger partial charge is 0.474 e. The molecule has 4 saturated carbocycles. The summed E-state index contributed by atoms with van der Waals surface area (Å²) in [4.78, 5) is 24.8. The molecule has 2 amide bonds. The first-order chi connectivity index (χ1) is 14.9. The maximum Gasteiger partial charge on any atom is 0.258 e. The lowest BCUT2D eigenvalue weighted by atomic mass is 9.48. The molecule has 0 aliphatic heterocycles. The van der Waals surface area contributed by atoms with Crippen LogP contribution in [0.5, 0.6) is 5.88 Å². The zero-order chi connectivity index (χ0) is 23.3. The first-order valence-corrected chi connectivity index (χ1v) is 12.0. The summed E-state index contributed by atoms with van der Waals surface area (Å²) in [6.07, 6.45) is 11.4. The van der Waals surface area contributed by atoms with Crippen molar-refractivity contribution in [2.24, 2.45) is 23.2 Å². The van der Waals surface area contributed by atoms with Gasteiger partial charge in [0, 0.05) is 19.2 Å². The molecule has 1 aromatic rings. The Morgan fingerprint density at radius 1 is 1.25 bits per heavy atom. The number of amides is 2. The van der Waals surface area contributed by atoms with E-state index in [2.05, 4.69) is 22.7 Å². The molecule has 2 atom stereocenters. The van der Waals surface area contributed by atoms with Gasteiger partial charge in [0.2, 0.25) is 11.8 Å². The topological polar surface area (TPSA) is 85.2 Å². The molecule has 5 rings (SSSR count). The fourth-order valence-corrected chi connectivity index (χ4v) is 6.60. The zero-order valence-corrected chi connectivity index (χ0v) is 20.3. The van der Waals surface area contributed by atoms with Crippen LogP contribution in [0.25, 0.3) is 6.20 Å². The fourth-order valence-electron chi connectivity index (χ4n) is 6.60. The summed E-state index contributed by atoms with van der Waals surface area (Å²) in [5.74, 6) is 2.22. The summed E-state index contributed by atoms with van der Waals surface area (Å²) < 4.78 is 7.59. The average Bonchev–Trinajstić information content (AvgIpc) is 3.02. The Bertz CT molecular complexity index is 900. The number of ether oxygens (including phenoxy) is 1. The van der Waals surface area contributed by atoms with Crippen molar-refractivity contribution in [2.75, 3.05) is 0 Å². The lowest BCUT2D eigenvalue weighted by molar-refractivity contribution is -0.120. The maximum atomic E-state index is 13.4. The van der Waals surface area contributed by atoms with E-state index in [1.54, 1.807) is 17.1 Å². The van der Waals surface area contributed by atoms with Crippen LogP contribution in [-0.2, 0) is 4.79 Å². The Balaban J connectivity index is 1.53. The smallest absolute Gasteiger partial charge is 0.258 e. The first kappa shape index (κ1) is 22.9. The van der Waals surface area contributed by atoms with E-state index in [1.165, 1.54) is 39.0 Å². The predicted molar refractivity (Wildman–Crippen MR) is 124 cm³/mol. The third-order valence-electron chi connectivity index (χ3n) is 7.35. The van der Waals surface area contributed by atoms with Crippen molar-refractivity contribution in [3.05, 3.63) is 17.8 Å². The van der Waals surface area contributed by atoms with Crippen LogP contribution in [0, 0.1) is 23.2 Å². The molecule has 0 aromatic carbocycles. The van der Waals surface area contributed by atoms with Gasteiger partial charge in [-0.1, -0.05) is 6.92 Å². The summed E-state index contributed by atoms with van der Waals surface area (Å²) in [5.41, 5.74) is 0.381. The molecule has 0 spiro atoms. The Hall–Kier alpha value is -2.31. The Morgan fingerprint density at radius 2 is 1.91 bits per heavy atom. The van der Waals surface area contributed by atoms with E-state index >= 15 is 0 Å². The molecule has 7 nitrogen and oxygen atoms in total. The van der Waals surface area contributed by atoms with Crippen LogP contribution in [0.1, 0.15) is 84.0 Å². The predicted octanol–water partition coefficient (Wildman–Crippen LogP) is 4.00. The Kier molecular flexibility index (Phi) is 5.88. The van der Waals surface area contributed by atoms with E-state index in [9.17, 15) is 9.59 Å². The maximum absolute atomic E-state index is 13.4. The standard InChI is InChI=1S/C25H38N4O3/c1-15(2)32-23-20(14-26-29(23)8-7-24(4,5)28-16(3)30)22(31)27-21-18-9-17-10-19(21)13-25(6,11-17)12-18/h7-8,14-15,17-19,21H,9-13H2,1-6H3,(H,27,31)(H,28,30)/b8-7+. The average molecular weight is 443 g/mol. The molecule has 2 unspecified atom stereocenters. The molecular formula is C25H38N4O3. The minimum Gasteiger partial charge on any atom is -0.474 e. The molecule has 176 valence electrons. The van der Waals surface area contributed by atoms with Gasteiger partial charge in [-0.25, -0.2) is 4.68 Å². The van der Waals surface area contributed by atoms with Crippen LogP contribution in [0.15, 0.2) is 12.3 Å². The van der Waals surface area contributed by atoms with Gasteiger partial charge in [-0.15, -0.1) is 0 Å². The number of hydrogen-bond donors (Lipinski definition) is 2. The number of rotatable bonds is 7. The van der Waals surface area contributed by atoms with Crippen molar-refractivity contribution in [3.63, 3.8) is 0 Å². The minimum atomic E-state index is -0.550. The lowest BCUT2D eigenvalue weighted by Crippen LogP contribution is -2.58. The Labute approximate surface area is 191 Å². The Morgan fingerprint density at radius 3 is 2.47 bits per heavy atom. The molecule has 7 heteroatoms. The molecule has 4 fully saturated rings. The molecule has 1 heterocycles. The van der Waals surface area contributed by atoms with E-state index in [0.29, 0.717) is 28.7 Å². The van der Waals surface area contributed by atoms with Crippen LogP contribution in [0.2, 0.25) is 0 Å². The second kappa shape index (κ2) is 8.23. The molecule has 4 aliphatic carbocycles. The van der Waals surface area contributed by atoms with Crippen LogP contribution < -0.4 is 15.4 Å². The van der Waals surface area contributed by atoms with Crippen molar-refractivity contribution in [2.45, 2.75) is 91.3 Å². The summed E-state index contributed by atoms with van der Waals surface area (Å²) in [6, 6.07) is 0.247. The van der Waals surface area contributed by atoms with Gasteiger partial charge in [-0.3, -0.25) is 9.59 Å². The second-order valence-corrected chi connectivity index (χ2v) is 11.5. The van der Waals surface area contributed by atoms with Crippen molar-refractivity contribution in [3.8, 4) is 5.88 Å². The number of hydrogen-bond acceptors (Lipinski definition) is 4. The van der Waals surface area contributed by atoms with Gasteiger partial charge in [0.25, 0.3) is 5.91 Å². The number of carbonyl (C=O) groups excluding carboxylic acids is 2. The highest BCUT2D eigenvalue weighted by molar-refractivity contribution is 5.96. The number of nitrogens with one attached hydrogen (secondary N) is 2. The molecule has 2 N–H and O–H groups in total. The fraction of sp³-hybridized carbons (Fsp3) is 0.720. The van der Waals surface area contributed by atoms with E-state index in [-0.39, 0.29) is 24.0 Å². The molecule has 0 saturated heterocycles. The SMILES string of the molecule is CC(=O)NC(C)(C)/C=C/n1ncc(C(=O)NC2C3CC4CC2CC(C)(C4)C3)c1OC(C)C. The summed E-state index contributed by atoms with van der Waals surface area (Å²) in [5, 5.41) is 10.6. The molecule has 4 aliphatic rings. The number of nitrogens with zero attached hydrogens (tertiary/aromatic N) is 2. The quantitative estimate of drug-likeness (QED) is 0.668. The van der Waals surface area contributed by atoms with Crippen molar-refractivity contribution in [1.82, 2.24) is 20.4 Å². The minimum absolute atomic E-state index is 0.102. The second-order valence-electron chi connectivity index (χ2n) is 11.5. The molecule has 0 radical (unpaired) electrons. The molecule has 4 bridgehead atoms. The van der Waals surface area contributed by atoms with Gasteiger partial charge in [0.05, 0.1) is 17.8 Å². The van der Waals surface area contributed by atoms with Crippen LogP contribution in [-0.4, -0.2) is 39.3 Å². The third kappa shape index (κ3) is 4.71. The molecule has 1 aromatic heterocycles. The van der Waals surface area contributed by atoms with Gasteiger partial charge < -0.3 is 15.4 Å². The van der Waals surface area contributed by atoms with Crippen LogP contribution in [0.3, 0.4) is 0 Å². The summed E-state index contributed by atoms with van der Waals surface area (Å²) >= 11 is 0. The highest BCUT2D eigenvalue weighted by atomic mass is 16.5. The first-order valence-electron chi connectivity index (χ1n) is 12.0. The van der Waals surface area contributed by atoms with Gasteiger partial charge in [0.1, 0.15) is 5.56 Å². The highest BCUT2D eigenvalue weighted by Crippen LogP contribution is 2.59. The molecule has 32 heavy (non-hydrogen) atoms. The van der Waals surface area contributed by atoms with Crippen molar-refractivity contribution in [1.29, 1.82) is 0 Å². The van der Waals surface area contributed by atoms with Crippen molar-refractivity contribution >= 4 is 18.0 Å². The zero-order valence-electron chi connectivity index (χ0n) is 20.3. The van der Waals surface area contributed by atoms with Gasteiger partial charge in [0.15, 0.2) is 0 Å². The van der Waals surface area contributed by atoms with Gasteiger partial charge >= 0.3 is 0 Å². The lowest BCUT2D eigenvalue weighted by Gasteiger charge is -2.59. The van der Waals surface area contributed by atoms with E-state index in [0.717, 1.165) is 5.92 Å². The number of aromatic nitrogens is 2. The van der Waals surface area contributed by atoms with E-state index in [1.807, 2.05) is 33.8 Å². The van der Waals surface area contributed by atoms with Crippen LogP contribution >= 0.6 is 0 Å². The monoisotopic (exact) mass is 442 g/mol. The van der Waals surface area contributed by atoms with Gasteiger partial charge in [-0.05, 0) is 89.0 Å². The number of carbonyl (C=O) groups is 2. The normalized spacial score (nSPS) is 31.3. The van der Waals surface area contributed by atoms with Gasteiger partial charge in [-0.2, -0.15) is 5.10 Å². The highest BCUT2D eigenvalue weighted by Gasteiger charge is 2.53.